The van der Waals surface area contributed by atoms with Gasteiger partial charge in [-0.15, -0.1) is 0 Å². The molecule has 1 aromatic heterocycles. The van der Waals surface area contributed by atoms with Crippen LogP contribution in [0.5, 0.6) is 0 Å². The van der Waals surface area contributed by atoms with Gasteiger partial charge in [0.2, 0.25) is 0 Å². The number of carbonyl (C=O) groups excluding carboxylic acids is 1. The van der Waals surface area contributed by atoms with Crippen LogP contribution < -0.4 is 5.32 Å². The van der Waals surface area contributed by atoms with E-state index in [1.807, 2.05) is 55.5 Å². The van der Waals surface area contributed by atoms with Gasteiger partial charge < -0.3 is 10.2 Å². The van der Waals surface area contributed by atoms with Crippen LogP contribution in [0.1, 0.15) is 24.1 Å². The standard InChI is InChI=1S/C20H22ClN5O/c1-15(17-6-8-19(9-7-17)26-14-22-13-24-26)25(2)20(27)23-11-10-16-4-3-5-18(21)12-16/h3-9,12-15H,10-11H2,1-2H3,(H,23,27). The molecule has 0 spiro atoms. The number of hydrogen-bond donors (Lipinski definition) is 1. The van der Waals surface area contributed by atoms with Crippen LogP contribution >= 0.6 is 11.6 Å². The van der Waals surface area contributed by atoms with Gasteiger partial charge in [0, 0.05) is 18.6 Å². The Labute approximate surface area is 163 Å². The Kier molecular flexibility index (Phi) is 6.08. The molecule has 6 nitrogen and oxygen atoms in total. The lowest BCUT2D eigenvalue weighted by molar-refractivity contribution is 0.194. The van der Waals surface area contributed by atoms with Gasteiger partial charge in [-0.05, 0) is 48.7 Å². The molecule has 0 fully saturated rings. The summed E-state index contributed by atoms with van der Waals surface area (Å²) in [6.45, 7) is 2.56. The van der Waals surface area contributed by atoms with E-state index in [0.717, 1.165) is 23.2 Å². The third-order valence-corrected chi connectivity index (χ3v) is 4.77. The monoisotopic (exact) mass is 383 g/mol. The Hall–Kier alpha value is -2.86. The molecule has 1 N–H and O–H groups in total. The van der Waals surface area contributed by atoms with Crippen molar-refractivity contribution in [3.63, 3.8) is 0 Å². The summed E-state index contributed by atoms with van der Waals surface area (Å²) in [6, 6.07) is 15.4. The maximum absolute atomic E-state index is 12.4. The zero-order valence-electron chi connectivity index (χ0n) is 15.3. The molecular weight excluding hydrogens is 362 g/mol. The summed E-state index contributed by atoms with van der Waals surface area (Å²) >= 11 is 5.99. The number of amides is 2. The summed E-state index contributed by atoms with van der Waals surface area (Å²) in [7, 11) is 1.80. The van der Waals surface area contributed by atoms with E-state index in [1.165, 1.54) is 6.33 Å². The predicted molar refractivity (Wildman–Crippen MR) is 106 cm³/mol. The zero-order chi connectivity index (χ0) is 19.2. The maximum atomic E-state index is 12.4. The first-order valence-corrected chi connectivity index (χ1v) is 9.12. The van der Waals surface area contributed by atoms with Crippen molar-refractivity contribution in [2.24, 2.45) is 0 Å². The molecule has 0 aliphatic carbocycles. The van der Waals surface area contributed by atoms with Gasteiger partial charge in [-0.1, -0.05) is 35.9 Å². The number of halogens is 1. The van der Waals surface area contributed by atoms with Gasteiger partial charge in [0.1, 0.15) is 12.7 Å². The zero-order valence-corrected chi connectivity index (χ0v) is 16.1. The van der Waals surface area contributed by atoms with E-state index in [4.69, 9.17) is 11.6 Å². The molecule has 0 aliphatic rings. The Bertz CT molecular complexity index is 880. The first-order valence-electron chi connectivity index (χ1n) is 8.74. The number of urea groups is 1. The summed E-state index contributed by atoms with van der Waals surface area (Å²) in [5.74, 6) is 0. The fourth-order valence-electron chi connectivity index (χ4n) is 2.78. The SMILES string of the molecule is CC(c1ccc(-n2cncn2)cc1)N(C)C(=O)NCCc1cccc(Cl)c1. The maximum Gasteiger partial charge on any atom is 0.317 e. The highest BCUT2D eigenvalue weighted by Crippen LogP contribution is 2.20. The van der Waals surface area contributed by atoms with E-state index in [9.17, 15) is 4.79 Å². The second kappa shape index (κ2) is 8.68. The molecule has 27 heavy (non-hydrogen) atoms. The van der Waals surface area contributed by atoms with Crippen molar-refractivity contribution in [1.82, 2.24) is 25.0 Å². The number of aromatic nitrogens is 3. The molecule has 0 bridgehead atoms. The lowest BCUT2D eigenvalue weighted by Crippen LogP contribution is -2.39. The van der Waals surface area contributed by atoms with Crippen LogP contribution in [0.3, 0.4) is 0 Å². The van der Waals surface area contributed by atoms with Crippen molar-refractivity contribution in [3.8, 4) is 5.69 Å². The topological polar surface area (TPSA) is 63.1 Å². The molecule has 0 saturated carbocycles. The molecule has 2 amide bonds. The third-order valence-electron chi connectivity index (χ3n) is 4.54. The van der Waals surface area contributed by atoms with Crippen molar-refractivity contribution < 1.29 is 4.79 Å². The smallest absolute Gasteiger partial charge is 0.317 e. The van der Waals surface area contributed by atoms with Gasteiger partial charge in [0.15, 0.2) is 0 Å². The van der Waals surface area contributed by atoms with E-state index < -0.39 is 0 Å². The van der Waals surface area contributed by atoms with Crippen molar-refractivity contribution in [2.75, 3.05) is 13.6 Å². The van der Waals surface area contributed by atoms with Crippen LogP contribution in [0.4, 0.5) is 4.79 Å². The molecule has 1 heterocycles. The quantitative estimate of drug-likeness (QED) is 0.702. The van der Waals surface area contributed by atoms with Crippen LogP contribution in [0, 0.1) is 0 Å². The number of nitrogens with zero attached hydrogens (tertiary/aromatic N) is 4. The normalized spacial score (nSPS) is 11.8. The average molecular weight is 384 g/mol. The minimum absolute atomic E-state index is 0.0547. The van der Waals surface area contributed by atoms with Crippen molar-refractivity contribution in [1.29, 1.82) is 0 Å². The van der Waals surface area contributed by atoms with E-state index >= 15 is 0 Å². The van der Waals surface area contributed by atoms with Gasteiger partial charge in [0.25, 0.3) is 0 Å². The molecule has 3 aromatic rings. The second-order valence-corrected chi connectivity index (χ2v) is 6.77. The molecule has 1 atom stereocenters. The first kappa shape index (κ1) is 18.9. The molecule has 140 valence electrons. The van der Waals surface area contributed by atoms with Gasteiger partial charge >= 0.3 is 6.03 Å². The number of nitrogens with one attached hydrogen (secondary N) is 1. The summed E-state index contributed by atoms with van der Waals surface area (Å²) in [5, 5.41) is 7.77. The largest absolute Gasteiger partial charge is 0.338 e. The molecule has 0 aliphatic heterocycles. The van der Waals surface area contributed by atoms with Crippen LogP contribution in [0.2, 0.25) is 5.02 Å². The highest BCUT2D eigenvalue weighted by atomic mass is 35.5. The third kappa shape index (κ3) is 4.86. The van der Waals surface area contributed by atoms with Crippen LogP contribution in [0.25, 0.3) is 5.69 Å². The van der Waals surface area contributed by atoms with Crippen molar-refractivity contribution in [3.05, 3.63) is 77.3 Å². The van der Waals surface area contributed by atoms with Gasteiger partial charge in [-0.3, -0.25) is 0 Å². The molecular formula is C20H22ClN5O. The lowest BCUT2D eigenvalue weighted by Gasteiger charge is -2.25. The highest BCUT2D eigenvalue weighted by molar-refractivity contribution is 6.30. The number of benzene rings is 2. The van der Waals surface area contributed by atoms with E-state index in [1.54, 1.807) is 23.0 Å². The molecule has 7 heteroatoms. The Morgan fingerprint density at radius 1 is 1.26 bits per heavy atom. The first-order chi connectivity index (χ1) is 13.0. The summed E-state index contributed by atoms with van der Waals surface area (Å²) in [4.78, 5) is 18.1. The van der Waals surface area contributed by atoms with Crippen LogP contribution in [-0.2, 0) is 6.42 Å². The summed E-state index contributed by atoms with van der Waals surface area (Å²) in [5.41, 5.74) is 3.07. The second-order valence-electron chi connectivity index (χ2n) is 6.33. The molecule has 1 unspecified atom stereocenters. The molecule has 3 rings (SSSR count). The fourth-order valence-corrected chi connectivity index (χ4v) is 2.99. The lowest BCUT2D eigenvalue weighted by atomic mass is 10.1. The Morgan fingerprint density at radius 3 is 2.70 bits per heavy atom. The fraction of sp³-hybridized carbons (Fsp3) is 0.250. The summed E-state index contributed by atoms with van der Waals surface area (Å²) < 4.78 is 1.70. The minimum atomic E-state index is -0.107. The van der Waals surface area contributed by atoms with Crippen molar-refractivity contribution in [2.45, 2.75) is 19.4 Å². The molecule has 0 saturated heterocycles. The van der Waals surface area contributed by atoms with Crippen LogP contribution in [-0.4, -0.2) is 39.3 Å². The van der Waals surface area contributed by atoms with Crippen LogP contribution in [0.15, 0.2) is 61.2 Å². The molecule has 0 radical (unpaired) electrons. The van der Waals surface area contributed by atoms with E-state index in [2.05, 4.69) is 15.4 Å². The van der Waals surface area contributed by atoms with Gasteiger partial charge in [-0.25, -0.2) is 14.5 Å². The Balaban J connectivity index is 1.54. The Morgan fingerprint density at radius 2 is 2.04 bits per heavy atom. The molecule has 2 aromatic carbocycles. The van der Waals surface area contributed by atoms with Crippen molar-refractivity contribution >= 4 is 17.6 Å². The van der Waals surface area contributed by atoms with E-state index in [-0.39, 0.29) is 12.1 Å². The van der Waals surface area contributed by atoms with Gasteiger partial charge in [0.05, 0.1) is 11.7 Å². The number of carbonyl (C=O) groups is 1. The van der Waals surface area contributed by atoms with E-state index in [0.29, 0.717) is 11.6 Å². The summed E-state index contributed by atoms with van der Waals surface area (Å²) in [6.07, 6.45) is 3.89. The minimum Gasteiger partial charge on any atom is -0.338 e. The number of rotatable bonds is 6. The van der Waals surface area contributed by atoms with Gasteiger partial charge in [-0.2, -0.15) is 5.10 Å². The average Bonchev–Trinajstić information content (AvgIpc) is 3.22. The highest BCUT2D eigenvalue weighted by Gasteiger charge is 2.17. The number of hydrogen-bond acceptors (Lipinski definition) is 3. The predicted octanol–water partition coefficient (Wildman–Crippen LogP) is 3.87.